The molecule has 0 radical (unpaired) electrons. The average Bonchev–Trinajstić information content (AvgIpc) is 3.38. The van der Waals surface area contributed by atoms with Crippen LogP contribution in [0.4, 0.5) is 5.69 Å². The van der Waals surface area contributed by atoms with E-state index in [4.69, 9.17) is 35.4 Å². The Morgan fingerprint density at radius 2 is 1.93 bits per heavy atom. The molecule has 0 saturated carbocycles. The number of rotatable bonds is 12. The fourth-order valence-electron chi connectivity index (χ4n) is 4.73. The first kappa shape index (κ1) is 30.3. The molecule has 0 unspecified atom stereocenters. The number of anilines is 1. The number of aromatic nitrogens is 2. The first-order valence-corrected chi connectivity index (χ1v) is 13.6. The molecule has 2 N–H and O–H groups in total. The van der Waals surface area contributed by atoms with Crippen molar-refractivity contribution in [2.45, 2.75) is 51.7 Å². The van der Waals surface area contributed by atoms with Gasteiger partial charge in [0.25, 0.3) is 5.91 Å². The third-order valence-corrected chi connectivity index (χ3v) is 7.06. The third-order valence-electron chi connectivity index (χ3n) is 6.83. The first-order valence-electron chi connectivity index (χ1n) is 13.2. The Bertz CT molecular complexity index is 1390. The molecule has 41 heavy (non-hydrogen) atoms. The number of ether oxygens (including phenoxy) is 3. The number of carbonyl (C=O) groups is 2. The van der Waals surface area contributed by atoms with E-state index in [0.717, 1.165) is 0 Å². The van der Waals surface area contributed by atoms with Gasteiger partial charge >= 0.3 is 5.97 Å². The second-order valence-electron chi connectivity index (χ2n) is 10.6. The quantitative estimate of drug-likeness (QED) is 0.316. The Morgan fingerprint density at radius 1 is 1.15 bits per heavy atom. The Kier molecular flexibility index (Phi) is 9.52. The number of fused-ring (bicyclic) bond motifs is 1. The highest BCUT2D eigenvalue weighted by atomic mass is 35.5. The van der Waals surface area contributed by atoms with Gasteiger partial charge in [-0.15, -0.1) is 0 Å². The predicted molar refractivity (Wildman–Crippen MR) is 150 cm³/mol. The van der Waals surface area contributed by atoms with Crippen LogP contribution in [0.25, 0.3) is 0 Å². The summed E-state index contributed by atoms with van der Waals surface area (Å²) in [4.78, 5) is 30.9. The summed E-state index contributed by atoms with van der Waals surface area (Å²) in [5.41, 5.74) is 1.29. The fourth-order valence-corrected chi connectivity index (χ4v) is 4.91. The van der Waals surface area contributed by atoms with Crippen LogP contribution in [0.2, 0.25) is 5.02 Å². The summed E-state index contributed by atoms with van der Waals surface area (Å²) in [5.74, 6) is 0.249. The van der Waals surface area contributed by atoms with Gasteiger partial charge in [-0.25, -0.2) is 0 Å². The molecule has 12 heteroatoms. The summed E-state index contributed by atoms with van der Waals surface area (Å²) >= 11 is 6.47. The molecule has 220 valence electrons. The third kappa shape index (κ3) is 6.98. The molecule has 1 amide bonds. The lowest BCUT2D eigenvalue weighted by atomic mass is 9.92. The first-order chi connectivity index (χ1) is 19.6. The van der Waals surface area contributed by atoms with Crippen LogP contribution in [0.15, 0.2) is 40.9 Å². The average molecular weight is 588 g/mol. The van der Waals surface area contributed by atoms with E-state index in [9.17, 15) is 14.7 Å². The van der Waals surface area contributed by atoms with Crippen molar-refractivity contribution in [2.75, 3.05) is 32.3 Å². The van der Waals surface area contributed by atoms with E-state index in [0.29, 0.717) is 39.2 Å². The summed E-state index contributed by atoms with van der Waals surface area (Å²) in [6, 6.07) is 10.7. The molecule has 0 spiro atoms. The van der Waals surface area contributed by atoms with E-state index in [1.165, 1.54) is 7.11 Å². The van der Waals surface area contributed by atoms with E-state index in [1.54, 1.807) is 36.3 Å². The molecule has 1 aliphatic rings. The van der Waals surface area contributed by atoms with Crippen LogP contribution in [0, 0.1) is 5.41 Å². The number of hydrogen-bond acceptors (Lipinski definition) is 9. The lowest BCUT2D eigenvalue weighted by molar-refractivity contribution is -0.137. The Morgan fingerprint density at radius 3 is 2.61 bits per heavy atom. The zero-order valence-electron chi connectivity index (χ0n) is 23.4. The van der Waals surface area contributed by atoms with Crippen LogP contribution < -0.4 is 14.4 Å². The molecule has 11 nitrogen and oxygen atoms in total. The maximum Gasteiger partial charge on any atom is 0.303 e. The standard InChI is InChI=1S/C29H34ClN3O8/c1-29(2,16-34)15-33-20-9-8-17(30)14-19(20)26(18-6-5-7-21(38-3)27(18)39-4)40-22(28(33)37)10-11-23-31-24(41-32-23)12-13-25(35)36/h5-9,14,22,26,34H,10-13,15-16H2,1-4H3,(H,35,36)/t22-,26-/m1/s1. The Balaban J connectivity index is 1.76. The summed E-state index contributed by atoms with van der Waals surface area (Å²) < 4.78 is 23.0. The molecule has 1 aromatic heterocycles. The van der Waals surface area contributed by atoms with Crippen molar-refractivity contribution < 1.29 is 38.5 Å². The second kappa shape index (κ2) is 12.9. The molecular formula is C29H34ClN3O8. The minimum absolute atomic E-state index is 0.110. The number of aliphatic hydroxyl groups excluding tert-OH is 1. The largest absolute Gasteiger partial charge is 0.493 e. The van der Waals surface area contributed by atoms with Gasteiger partial charge in [-0.3, -0.25) is 9.59 Å². The highest BCUT2D eigenvalue weighted by molar-refractivity contribution is 6.30. The van der Waals surface area contributed by atoms with Gasteiger partial charge < -0.3 is 33.8 Å². The van der Waals surface area contributed by atoms with Gasteiger partial charge in [0.1, 0.15) is 12.2 Å². The van der Waals surface area contributed by atoms with Crippen molar-refractivity contribution in [1.82, 2.24) is 10.1 Å². The number of aliphatic hydroxyl groups is 1. The highest BCUT2D eigenvalue weighted by Crippen LogP contribution is 2.45. The SMILES string of the molecule is COc1cccc([C@H]2O[C@H](CCc3noc(CCC(=O)O)n3)C(=O)N(CC(C)(C)CO)c3ccc(Cl)cc32)c1OC. The van der Waals surface area contributed by atoms with Crippen LogP contribution in [-0.4, -0.2) is 65.7 Å². The van der Waals surface area contributed by atoms with Gasteiger partial charge in [0.15, 0.2) is 17.3 Å². The Hall–Kier alpha value is -3.67. The highest BCUT2D eigenvalue weighted by Gasteiger charge is 2.40. The molecule has 0 bridgehead atoms. The van der Waals surface area contributed by atoms with E-state index >= 15 is 0 Å². The van der Waals surface area contributed by atoms with Crippen molar-refractivity contribution in [3.63, 3.8) is 0 Å². The van der Waals surface area contributed by atoms with Crippen molar-refractivity contribution >= 4 is 29.2 Å². The monoisotopic (exact) mass is 587 g/mol. The van der Waals surface area contributed by atoms with Gasteiger partial charge in [-0.05, 0) is 30.7 Å². The van der Waals surface area contributed by atoms with Crippen molar-refractivity contribution in [1.29, 1.82) is 0 Å². The van der Waals surface area contributed by atoms with Gasteiger partial charge in [-0.1, -0.05) is 42.7 Å². The van der Waals surface area contributed by atoms with Gasteiger partial charge in [-0.2, -0.15) is 4.98 Å². The molecule has 0 saturated heterocycles. The van der Waals surface area contributed by atoms with Crippen LogP contribution >= 0.6 is 11.6 Å². The lowest BCUT2D eigenvalue weighted by Crippen LogP contribution is -2.45. The molecule has 2 aromatic carbocycles. The topological polar surface area (TPSA) is 144 Å². The lowest BCUT2D eigenvalue weighted by Gasteiger charge is -2.32. The fraction of sp³-hybridized carbons (Fsp3) is 0.448. The van der Waals surface area contributed by atoms with Crippen LogP contribution in [0.1, 0.15) is 55.6 Å². The molecular weight excluding hydrogens is 554 g/mol. The number of amides is 1. The van der Waals surface area contributed by atoms with E-state index < -0.39 is 23.6 Å². The van der Waals surface area contributed by atoms with Gasteiger partial charge in [0.2, 0.25) is 5.89 Å². The molecule has 4 rings (SSSR count). The van der Waals surface area contributed by atoms with E-state index in [1.807, 2.05) is 26.0 Å². The summed E-state index contributed by atoms with van der Waals surface area (Å²) in [6.45, 7) is 3.83. The number of para-hydroxylation sites is 1. The smallest absolute Gasteiger partial charge is 0.303 e. The van der Waals surface area contributed by atoms with Crippen molar-refractivity contribution in [3.05, 3.63) is 64.3 Å². The number of aliphatic carboxylic acids is 1. The van der Waals surface area contributed by atoms with Crippen LogP contribution in [-0.2, 0) is 27.2 Å². The van der Waals surface area contributed by atoms with E-state index in [-0.39, 0.29) is 50.6 Å². The molecule has 3 aromatic rings. The maximum absolute atomic E-state index is 14.1. The number of hydrogen-bond donors (Lipinski definition) is 2. The number of carboxylic acids is 1. The maximum atomic E-state index is 14.1. The minimum Gasteiger partial charge on any atom is -0.493 e. The zero-order valence-corrected chi connectivity index (χ0v) is 24.2. The summed E-state index contributed by atoms with van der Waals surface area (Å²) in [5, 5.41) is 23.4. The summed E-state index contributed by atoms with van der Waals surface area (Å²) in [7, 11) is 3.08. The van der Waals surface area contributed by atoms with Gasteiger partial charge in [0, 0.05) is 53.2 Å². The number of halogens is 1. The number of methoxy groups -OCH3 is 2. The number of benzene rings is 2. The molecule has 1 aliphatic heterocycles. The Labute approximate surface area is 243 Å². The molecule has 0 aliphatic carbocycles. The number of carbonyl (C=O) groups excluding carboxylic acids is 1. The summed E-state index contributed by atoms with van der Waals surface area (Å²) in [6.07, 6.45) is -1.29. The predicted octanol–water partition coefficient (Wildman–Crippen LogP) is 4.23. The van der Waals surface area contributed by atoms with E-state index in [2.05, 4.69) is 10.1 Å². The van der Waals surface area contributed by atoms with Crippen molar-refractivity contribution in [3.8, 4) is 11.5 Å². The van der Waals surface area contributed by atoms with Crippen molar-refractivity contribution in [2.24, 2.45) is 5.41 Å². The van der Waals surface area contributed by atoms with Gasteiger partial charge in [0.05, 0.1) is 20.6 Å². The molecule has 2 heterocycles. The molecule has 2 atom stereocenters. The normalized spacial score (nSPS) is 17.2. The number of nitrogens with zero attached hydrogens (tertiary/aromatic N) is 3. The van der Waals surface area contributed by atoms with Crippen LogP contribution in [0.3, 0.4) is 0 Å². The number of carboxylic acid groups (broad SMARTS) is 1. The minimum atomic E-state index is -0.966. The number of aryl methyl sites for hydroxylation is 2. The van der Waals surface area contributed by atoms with Crippen LogP contribution in [0.5, 0.6) is 11.5 Å². The second-order valence-corrected chi connectivity index (χ2v) is 11.0. The molecule has 0 fully saturated rings. The zero-order chi connectivity index (χ0) is 29.7.